The quantitative estimate of drug-likeness (QED) is 0.565. The second-order valence-electron chi connectivity index (χ2n) is 5.96. The van der Waals surface area contributed by atoms with Crippen molar-refractivity contribution < 1.29 is 14.3 Å². The Labute approximate surface area is 152 Å². The number of hydrogen-bond acceptors (Lipinski definition) is 3. The second kappa shape index (κ2) is 8.84. The average molecular weight is 358 g/mol. The Kier molecular flexibility index (Phi) is 6.54. The fourth-order valence-corrected chi connectivity index (χ4v) is 2.28. The first-order valence-electron chi connectivity index (χ1n) is 8.13. The summed E-state index contributed by atoms with van der Waals surface area (Å²) in [6.07, 6.45) is 0. The molecule has 0 unspecified atom stereocenters. The van der Waals surface area contributed by atoms with Crippen molar-refractivity contribution in [2.45, 2.75) is 13.1 Å². The van der Waals surface area contributed by atoms with Crippen molar-refractivity contribution in [2.24, 2.45) is 4.99 Å². The summed E-state index contributed by atoms with van der Waals surface area (Å²) in [5, 5.41) is 15.4. The SMILES string of the molecule is CN=C(NCc1ccc(C(=O)N(C)C)cc1)NCc1ccc(O)c(F)c1. The van der Waals surface area contributed by atoms with Crippen LogP contribution < -0.4 is 10.6 Å². The van der Waals surface area contributed by atoms with Gasteiger partial charge in [-0.05, 0) is 35.4 Å². The van der Waals surface area contributed by atoms with Gasteiger partial charge < -0.3 is 20.6 Å². The summed E-state index contributed by atoms with van der Waals surface area (Å²) >= 11 is 0. The highest BCUT2D eigenvalue weighted by atomic mass is 19.1. The van der Waals surface area contributed by atoms with Crippen molar-refractivity contribution >= 4 is 11.9 Å². The number of carbonyl (C=O) groups excluding carboxylic acids is 1. The molecule has 0 saturated heterocycles. The molecule has 0 atom stereocenters. The molecule has 0 aliphatic carbocycles. The molecular weight excluding hydrogens is 335 g/mol. The molecule has 2 rings (SSSR count). The number of hydrogen-bond donors (Lipinski definition) is 3. The average Bonchev–Trinajstić information content (AvgIpc) is 2.64. The van der Waals surface area contributed by atoms with Gasteiger partial charge in [0.05, 0.1) is 0 Å². The third-order valence-corrected chi connectivity index (χ3v) is 3.76. The Morgan fingerprint density at radius 1 is 1.08 bits per heavy atom. The molecule has 0 aliphatic heterocycles. The van der Waals surface area contributed by atoms with Gasteiger partial charge in [0.2, 0.25) is 0 Å². The summed E-state index contributed by atoms with van der Waals surface area (Å²) in [4.78, 5) is 17.5. The standard InChI is InChI=1S/C19H23FN4O2/c1-21-19(23-12-14-6-9-17(25)16(20)10-14)22-11-13-4-7-15(8-5-13)18(26)24(2)3/h4-10,25H,11-12H2,1-3H3,(H2,21,22,23). The minimum absolute atomic E-state index is 0.0388. The first kappa shape index (κ1) is 19.2. The molecule has 0 fully saturated rings. The number of amides is 1. The number of nitrogens with zero attached hydrogens (tertiary/aromatic N) is 2. The van der Waals surface area contributed by atoms with E-state index in [0.717, 1.165) is 5.56 Å². The van der Waals surface area contributed by atoms with Crippen LogP contribution in [-0.4, -0.2) is 43.0 Å². The molecule has 6 nitrogen and oxygen atoms in total. The Bertz CT molecular complexity index is 789. The van der Waals surface area contributed by atoms with Crippen LogP contribution in [0.4, 0.5) is 4.39 Å². The molecule has 0 radical (unpaired) electrons. The van der Waals surface area contributed by atoms with E-state index in [1.807, 2.05) is 12.1 Å². The zero-order valence-corrected chi connectivity index (χ0v) is 15.1. The number of rotatable bonds is 5. The Morgan fingerprint density at radius 3 is 2.19 bits per heavy atom. The van der Waals surface area contributed by atoms with E-state index < -0.39 is 5.82 Å². The maximum absolute atomic E-state index is 13.3. The summed E-state index contributed by atoms with van der Waals surface area (Å²) in [7, 11) is 5.08. The number of nitrogens with one attached hydrogen (secondary N) is 2. The lowest BCUT2D eigenvalue weighted by Crippen LogP contribution is -2.36. The number of halogens is 1. The zero-order chi connectivity index (χ0) is 19.1. The number of benzene rings is 2. The highest BCUT2D eigenvalue weighted by Crippen LogP contribution is 2.15. The van der Waals surface area contributed by atoms with Crippen LogP contribution >= 0.6 is 0 Å². The Balaban J connectivity index is 1.88. The molecule has 0 spiro atoms. The van der Waals surface area contributed by atoms with E-state index in [0.29, 0.717) is 30.2 Å². The van der Waals surface area contributed by atoms with Crippen LogP contribution in [0.5, 0.6) is 5.75 Å². The first-order chi connectivity index (χ1) is 12.4. The van der Waals surface area contributed by atoms with Crippen molar-refractivity contribution in [3.05, 3.63) is 65.0 Å². The van der Waals surface area contributed by atoms with E-state index in [-0.39, 0.29) is 11.7 Å². The maximum Gasteiger partial charge on any atom is 0.253 e. The van der Waals surface area contributed by atoms with E-state index in [9.17, 15) is 14.3 Å². The third-order valence-electron chi connectivity index (χ3n) is 3.76. The number of guanidine groups is 1. The van der Waals surface area contributed by atoms with Crippen molar-refractivity contribution in [2.75, 3.05) is 21.1 Å². The highest BCUT2D eigenvalue weighted by molar-refractivity contribution is 5.93. The first-order valence-corrected chi connectivity index (χ1v) is 8.13. The van der Waals surface area contributed by atoms with Gasteiger partial charge >= 0.3 is 0 Å². The van der Waals surface area contributed by atoms with Crippen LogP contribution in [0.2, 0.25) is 0 Å². The fourth-order valence-electron chi connectivity index (χ4n) is 2.28. The minimum Gasteiger partial charge on any atom is -0.505 e. The number of aromatic hydroxyl groups is 1. The molecule has 0 bridgehead atoms. The Morgan fingerprint density at radius 2 is 1.65 bits per heavy atom. The topological polar surface area (TPSA) is 77.0 Å². The number of carbonyl (C=O) groups is 1. The molecule has 0 aromatic heterocycles. The van der Waals surface area contributed by atoms with E-state index in [1.165, 1.54) is 17.0 Å². The van der Waals surface area contributed by atoms with Crippen LogP contribution in [0.15, 0.2) is 47.5 Å². The second-order valence-corrected chi connectivity index (χ2v) is 5.96. The summed E-state index contributed by atoms with van der Waals surface area (Å²) in [6, 6.07) is 11.6. The lowest BCUT2D eigenvalue weighted by molar-refractivity contribution is 0.0827. The van der Waals surface area contributed by atoms with E-state index in [2.05, 4.69) is 15.6 Å². The van der Waals surface area contributed by atoms with Gasteiger partial charge in [-0.2, -0.15) is 0 Å². The maximum atomic E-state index is 13.3. The predicted octanol–water partition coefficient (Wildman–Crippen LogP) is 2.10. The van der Waals surface area contributed by atoms with E-state index in [4.69, 9.17) is 0 Å². The molecule has 3 N–H and O–H groups in total. The zero-order valence-electron chi connectivity index (χ0n) is 15.1. The summed E-state index contributed by atoms with van der Waals surface area (Å²) in [6.45, 7) is 0.896. The van der Waals surface area contributed by atoms with Crippen molar-refractivity contribution in [1.29, 1.82) is 0 Å². The van der Waals surface area contributed by atoms with Crippen molar-refractivity contribution in [3.63, 3.8) is 0 Å². The molecule has 2 aromatic carbocycles. The van der Waals surface area contributed by atoms with Gasteiger partial charge in [-0.1, -0.05) is 18.2 Å². The van der Waals surface area contributed by atoms with Gasteiger partial charge in [0.25, 0.3) is 5.91 Å². The summed E-state index contributed by atoms with van der Waals surface area (Å²) < 4.78 is 13.3. The van der Waals surface area contributed by atoms with Crippen LogP contribution in [0.3, 0.4) is 0 Å². The smallest absolute Gasteiger partial charge is 0.253 e. The van der Waals surface area contributed by atoms with Gasteiger partial charge in [0.1, 0.15) is 0 Å². The number of phenols is 1. The largest absolute Gasteiger partial charge is 0.505 e. The Hall–Kier alpha value is -3.09. The monoisotopic (exact) mass is 358 g/mol. The van der Waals surface area contributed by atoms with Gasteiger partial charge in [-0.25, -0.2) is 4.39 Å². The minimum atomic E-state index is -0.653. The summed E-state index contributed by atoms with van der Waals surface area (Å²) in [5.41, 5.74) is 2.32. The molecular formula is C19H23FN4O2. The summed E-state index contributed by atoms with van der Waals surface area (Å²) in [5.74, 6) is -0.498. The predicted molar refractivity (Wildman–Crippen MR) is 99.6 cm³/mol. The molecule has 0 aliphatic rings. The number of aliphatic imine (C=N–C) groups is 1. The molecule has 0 saturated carbocycles. The van der Waals surface area contributed by atoms with Gasteiger partial charge in [0.15, 0.2) is 17.5 Å². The van der Waals surface area contributed by atoms with Crippen molar-refractivity contribution in [1.82, 2.24) is 15.5 Å². The molecule has 1 amide bonds. The highest BCUT2D eigenvalue weighted by Gasteiger charge is 2.07. The third kappa shape index (κ3) is 5.20. The lowest BCUT2D eigenvalue weighted by atomic mass is 10.1. The number of phenolic OH excluding ortho intramolecular Hbond substituents is 1. The van der Waals surface area contributed by atoms with E-state index in [1.54, 1.807) is 39.3 Å². The molecule has 26 heavy (non-hydrogen) atoms. The molecule has 2 aromatic rings. The van der Waals surface area contributed by atoms with Crippen molar-refractivity contribution in [3.8, 4) is 5.75 Å². The van der Waals surface area contributed by atoms with Gasteiger partial charge in [-0.3, -0.25) is 9.79 Å². The molecule has 7 heteroatoms. The van der Waals surface area contributed by atoms with E-state index >= 15 is 0 Å². The molecule has 138 valence electrons. The van der Waals surface area contributed by atoms with Crippen LogP contribution in [0.25, 0.3) is 0 Å². The van der Waals surface area contributed by atoms with Crippen LogP contribution in [0.1, 0.15) is 21.5 Å². The normalized spacial score (nSPS) is 11.2. The lowest BCUT2D eigenvalue weighted by Gasteiger charge is -2.13. The van der Waals surface area contributed by atoms with Crippen LogP contribution in [0, 0.1) is 5.82 Å². The van der Waals surface area contributed by atoms with Gasteiger partial charge in [0, 0.05) is 39.8 Å². The van der Waals surface area contributed by atoms with Crippen LogP contribution in [-0.2, 0) is 13.1 Å². The van der Waals surface area contributed by atoms with Gasteiger partial charge in [-0.15, -0.1) is 0 Å². The fraction of sp³-hybridized carbons (Fsp3) is 0.263. The molecule has 0 heterocycles.